The number of nitrogens with one attached hydrogen (secondary N) is 1. The molecule has 0 aromatic carbocycles. The first-order valence-corrected chi connectivity index (χ1v) is 6.70. The van der Waals surface area contributed by atoms with Crippen molar-refractivity contribution in [2.24, 2.45) is 0 Å². The van der Waals surface area contributed by atoms with Crippen LogP contribution in [0.1, 0.15) is 32.6 Å². The highest BCUT2D eigenvalue weighted by atomic mass is 15.2. The lowest BCUT2D eigenvalue weighted by molar-refractivity contribution is 0.109. The molecule has 1 atom stereocenters. The highest BCUT2D eigenvalue weighted by Gasteiger charge is 2.23. The molecule has 1 unspecified atom stereocenters. The molecular formula is C13H29N3. The summed E-state index contributed by atoms with van der Waals surface area (Å²) in [6, 6.07) is 1.53. The third-order valence-corrected chi connectivity index (χ3v) is 4.01. The van der Waals surface area contributed by atoms with Crippen molar-refractivity contribution in [2.45, 2.75) is 44.7 Å². The first-order valence-electron chi connectivity index (χ1n) is 6.70. The minimum Gasteiger partial charge on any atom is -0.320 e. The van der Waals surface area contributed by atoms with Crippen molar-refractivity contribution >= 4 is 0 Å². The van der Waals surface area contributed by atoms with Gasteiger partial charge in [0.2, 0.25) is 0 Å². The van der Waals surface area contributed by atoms with E-state index >= 15 is 0 Å². The van der Waals surface area contributed by atoms with Crippen LogP contribution in [0.5, 0.6) is 0 Å². The molecule has 0 amide bonds. The van der Waals surface area contributed by atoms with Gasteiger partial charge in [0, 0.05) is 12.1 Å². The van der Waals surface area contributed by atoms with Crippen LogP contribution in [-0.2, 0) is 0 Å². The van der Waals surface area contributed by atoms with E-state index in [9.17, 15) is 0 Å². The quantitative estimate of drug-likeness (QED) is 0.692. The standard InChI is InChI=1S/C13H29N3/c1-12(6-5-9-14-2)16(4)13-7-10-15(3)11-8-13/h12-14H,5-11H2,1-4H3. The van der Waals surface area contributed by atoms with Gasteiger partial charge in [-0.15, -0.1) is 0 Å². The summed E-state index contributed by atoms with van der Waals surface area (Å²) in [6.45, 7) is 6.04. The zero-order valence-electron chi connectivity index (χ0n) is 11.5. The van der Waals surface area contributed by atoms with Gasteiger partial charge in [-0.2, -0.15) is 0 Å². The van der Waals surface area contributed by atoms with Crippen LogP contribution in [0.15, 0.2) is 0 Å². The Morgan fingerprint density at radius 3 is 2.56 bits per heavy atom. The zero-order valence-corrected chi connectivity index (χ0v) is 11.5. The molecule has 0 aromatic rings. The summed E-state index contributed by atoms with van der Waals surface area (Å²) in [4.78, 5) is 5.04. The fourth-order valence-electron chi connectivity index (χ4n) is 2.54. The SMILES string of the molecule is CNCCCC(C)N(C)C1CCN(C)CC1. The third-order valence-electron chi connectivity index (χ3n) is 4.01. The second-order valence-electron chi connectivity index (χ2n) is 5.29. The number of likely N-dealkylation sites (tertiary alicyclic amines) is 1. The largest absolute Gasteiger partial charge is 0.320 e. The molecule has 0 saturated carbocycles. The maximum Gasteiger partial charge on any atom is 0.0119 e. The lowest BCUT2D eigenvalue weighted by Crippen LogP contribution is -2.45. The smallest absolute Gasteiger partial charge is 0.0119 e. The van der Waals surface area contributed by atoms with Crippen molar-refractivity contribution < 1.29 is 0 Å². The Morgan fingerprint density at radius 1 is 1.38 bits per heavy atom. The van der Waals surface area contributed by atoms with Gasteiger partial charge in [0.05, 0.1) is 0 Å². The maximum atomic E-state index is 3.22. The van der Waals surface area contributed by atoms with Crippen LogP contribution in [0, 0.1) is 0 Å². The molecular weight excluding hydrogens is 198 g/mol. The summed E-state index contributed by atoms with van der Waals surface area (Å²) in [6.07, 6.45) is 5.27. The monoisotopic (exact) mass is 227 g/mol. The molecule has 1 rings (SSSR count). The number of hydrogen-bond donors (Lipinski definition) is 1. The molecule has 1 saturated heterocycles. The Hall–Kier alpha value is -0.120. The summed E-state index contributed by atoms with van der Waals surface area (Å²) >= 11 is 0. The average Bonchev–Trinajstić information content (AvgIpc) is 2.29. The fourth-order valence-corrected chi connectivity index (χ4v) is 2.54. The lowest BCUT2D eigenvalue weighted by atomic mass is 10.0. The molecule has 1 N–H and O–H groups in total. The Balaban J connectivity index is 2.24. The molecule has 0 aromatic heterocycles. The molecule has 96 valence electrons. The molecule has 1 heterocycles. The minimum absolute atomic E-state index is 0.724. The Bertz CT molecular complexity index is 176. The van der Waals surface area contributed by atoms with Crippen LogP contribution in [0.25, 0.3) is 0 Å². The van der Waals surface area contributed by atoms with Crippen molar-refractivity contribution in [3.05, 3.63) is 0 Å². The van der Waals surface area contributed by atoms with Crippen molar-refractivity contribution in [2.75, 3.05) is 40.8 Å². The molecule has 0 radical (unpaired) electrons. The molecule has 3 heteroatoms. The van der Waals surface area contributed by atoms with Crippen molar-refractivity contribution in [3.63, 3.8) is 0 Å². The number of rotatable bonds is 6. The zero-order chi connectivity index (χ0) is 12.0. The number of piperidine rings is 1. The molecule has 0 bridgehead atoms. The minimum atomic E-state index is 0.724. The van der Waals surface area contributed by atoms with Gasteiger partial charge in [0.1, 0.15) is 0 Å². The van der Waals surface area contributed by atoms with Crippen molar-refractivity contribution in [3.8, 4) is 0 Å². The molecule has 1 fully saturated rings. The highest BCUT2D eigenvalue weighted by Crippen LogP contribution is 2.18. The molecule has 0 spiro atoms. The predicted molar refractivity (Wildman–Crippen MR) is 70.9 cm³/mol. The van der Waals surface area contributed by atoms with E-state index in [-0.39, 0.29) is 0 Å². The summed E-state index contributed by atoms with van der Waals surface area (Å²) < 4.78 is 0. The van der Waals surface area contributed by atoms with E-state index in [1.54, 1.807) is 0 Å². The summed E-state index contributed by atoms with van der Waals surface area (Å²) in [5.41, 5.74) is 0. The van der Waals surface area contributed by atoms with Crippen LogP contribution in [0.3, 0.4) is 0 Å². The summed E-state index contributed by atoms with van der Waals surface area (Å²) in [7, 11) is 6.57. The molecule has 3 nitrogen and oxygen atoms in total. The van der Waals surface area contributed by atoms with Gasteiger partial charge >= 0.3 is 0 Å². The van der Waals surface area contributed by atoms with E-state index in [0.29, 0.717) is 0 Å². The summed E-state index contributed by atoms with van der Waals surface area (Å²) in [5.74, 6) is 0. The lowest BCUT2D eigenvalue weighted by Gasteiger charge is -2.38. The fraction of sp³-hybridized carbons (Fsp3) is 1.00. The Labute approximate surface area is 101 Å². The Kier molecular flexibility index (Phi) is 6.32. The van der Waals surface area contributed by atoms with Crippen molar-refractivity contribution in [1.82, 2.24) is 15.1 Å². The maximum absolute atomic E-state index is 3.22. The van der Waals surface area contributed by atoms with Crippen molar-refractivity contribution in [1.29, 1.82) is 0 Å². The van der Waals surface area contributed by atoms with Crippen LogP contribution in [0.2, 0.25) is 0 Å². The van der Waals surface area contributed by atoms with Crippen LogP contribution in [0.4, 0.5) is 0 Å². The number of nitrogens with zero attached hydrogens (tertiary/aromatic N) is 2. The van der Waals surface area contributed by atoms with E-state index < -0.39 is 0 Å². The normalized spacial score (nSPS) is 21.6. The topological polar surface area (TPSA) is 18.5 Å². The first kappa shape index (κ1) is 13.9. The average molecular weight is 227 g/mol. The van der Waals surface area contributed by atoms with Gasteiger partial charge in [-0.3, -0.25) is 0 Å². The van der Waals surface area contributed by atoms with Crippen LogP contribution >= 0.6 is 0 Å². The molecule has 16 heavy (non-hydrogen) atoms. The van der Waals surface area contributed by atoms with Gasteiger partial charge < -0.3 is 15.1 Å². The van der Waals surface area contributed by atoms with Crippen LogP contribution in [-0.4, -0.2) is 62.7 Å². The predicted octanol–water partition coefficient (Wildman–Crippen LogP) is 1.40. The molecule has 0 aliphatic carbocycles. The Morgan fingerprint density at radius 2 is 2.00 bits per heavy atom. The van der Waals surface area contributed by atoms with E-state index in [0.717, 1.165) is 18.6 Å². The molecule has 1 aliphatic heterocycles. The van der Waals surface area contributed by atoms with Gasteiger partial charge in [0.15, 0.2) is 0 Å². The second kappa shape index (κ2) is 7.25. The first-order chi connectivity index (χ1) is 7.65. The number of hydrogen-bond acceptors (Lipinski definition) is 3. The van der Waals surface area contributed by atoms with Gasteiger partial charge in [-0.1, -0.05) is 0 Å². The van der Waals surface area contributed by atoms with E-state index in [1.807, 2.05) is 7.05 Å². The van der Waals surface area contributed by atoms with E-state index in [2.05, 4.69) is 36.1 Å². The van der Waals surface area contributed by atoms with Gasteiger partial charge in [-0.25, -0.2) is 0 Å². The van der Waals surface area contributed by atoms with Gasteiger partial charge in [-0.05, 0) is 73.4 Å². The molecule has 1 aliphatic rings. The second-order valence-corrected chi connectivity index (χ2v) is 5.29. The third kappa shape index (κ3) is 4.40. The van der Waals surface area contributed by atoms with Crippen LogP contribution < -0.4 is 5.32 Å². The summed E-state index contributed by atoms with van der Waals surface area (Å²) in [5, 5.41) is 3.22. The van der Waals surface area contributed by atoms with Gasteiger partial charge in [0.25, 0.3) is 0 Å². The van der Waals surface area contributed by atoms with E-state index in [1.165, 1.54) is 38.8 Å². The highest BCUT2D eigenvalue weighted by molar-refractivity contribution is 4.79. The van der Waals surface area contributed by atoms with E-state index in [4.69, 9.17) is 0 Å².